The molecule has 0 N–H and O–H groups in total. The molecule has 4 heteroatoms. The van der Waals surface area contributed by atoms with Crippen LogP contribution in [0.4, 0.5) is 0 Å². The molecule has 0 saturated carbocycles. The maximum Gasteiger partial charge on any atom is 0.331 e. The maximum absolute atomic E-state index is 11.4. The van der Waals surface area contributed by atoms with Crippen LogP contribution in [0, 0.1) is 5.92 Å². The van der Waals surface area contributed by atoms with Crippen molar-refractivity contribution in [1.82, 2.24) is 0 Å². The normalized spacial score (nSPS) is 12.3. The summed E-state index contributed by atoms with van der Waals surface area (Å²) in [6.07, 6.45) is 11.3. The zero-order chi connectivity index (χ0) is 16.6. The van der Waals surface area contributed by atoms with Gasteiger partial charge in [-0.25, -0.2) is 9.59 Å². The summed E-state index contributed by atoms with van der Waals surface area (Å²) in [7, 11) is 0. The Balaban J connectivity index is 3.62. The molecular weight excluding hydrogens is 280 g/mol. The van der Waals surface area contributed by atoms with E-state index in [4.69, 9.17) is 9.47 Å². The van der Waals surface area contributed by atoms with E-state index in [0.29, 0.717) is 19.1 Å². The maximum atomic E-state index is 11.4. The number of hydrogen-bond acceptors (Lipinski definition) is 4. The largest absolute Gasteiger partial charge is 0.463 e. The minimum atomic E-state index is -0.487. The molecule has 22 heavy (non-hydrogen) atoms. The van der Waals surface area contributed by atoms with Crippen molar-refractivity contribution in [1.29, 1.82) is 0 Å². The Labute approximate surface area is 135 Å². The Morgan fingerprint density at radius 1 is 0.864 bits per heavy atom. The van der Waals surface area contributed by atoms with Crippen molar-refractivity contribution in [3.63, 3.8) is 0 Å². The molecule has 0 aromatic rings. The van der Waals surface area contributed by atoms with Gasteiger partial charge in [-0.05, 0) is 18.8 Å². The van der Waals surface area contributed by atoms with Crippen molar-refractivity contribution >= 4 is 11.9 Å². The first kappa shape index (κ1) is 20.7. The number of carbonyl (C=O) groups is 2. The second-order valence-electron chi connectivity index (χ2n) is 5.79. The summed E-state index contributed by atoms with van der Waals surface area (Å²) in [4.78, 5) is 22.8. The van der Waals surface area contributed by atoms with E-state index in [0.717, 1.165) is 37.8 Å². The average Bonchev–Trinajstić information content (AvgIpc) is 2.50. The molecule has 0 aromatic carbocycles. The van der Waals surface area contributed by atoms with Gasteiger partial charge in [0.05, 0.1) is 13.2 Å². The molecule has 0 fully saturated rings. The quantitative estimate of drug-likeness (QED) is 0.287. The molecule has 0 bridgehead atoms. The molecule has 1 atom stereocenters. The Bertz CT molecular complexity index is 323. The van der Waals surface area contributed by atoms with E-state index < -0.39 is 11.9 Å². The summed E-state index contributed by atoms with van der Waals surface area (Å²) in [5, 5.41) is 0. The third-order valence-electron chi connectivity index (χ3n) is 3.39. The first-order chi connectivity index (χ1) is 10.6. The van der Waals surface area contributed by atoms with E-state index in [2.05, 4.69) is 13.8 Å². The van der Waals surface area contributed by atoms with Crippen molar-refractivity contribution in [2.45, 2.75) is 72.1 Å². The Morgan fingerprint density at radius 2 is 1.45 bits per heavy atom. The van der Waals surface area contributed by atoms with Crippen LogP contribution in [0.1, 0.15) is 72.1 Å². The molecule has 0 aromatic heterocycles. The number of esters is 2. The van der Waals surface area contributed by atoms with Gasteiger partial charge in [0.1, 0.15) is 0 Å². The number of hydrogen-bond donors (Lipinski definition) is 0. The van der Waals surface area contributed by atoms with Gasteiger partial charge in [0.25, 0.3) is 0 Å². The van der Waals surface area contributed by atoms with Crippen LogP contribution in [-0.4, -0.2) is 25.2 Å². The monoisotopic (exact) mass is 312 g/mol. The molecule has 0 aliphatic carbocycles. The minimum Gasteiger partial charge on any atom is -0.463 e. The lowest BCUT2D eigenvalue weighted by molar-refractivity contribution is -0.141. The molecule has 0 heterocycles. The van der Waals surface area contributed by atoms with E-state index >= 15 is 0 Å². The standard InChI is InChI=1S/C18H32O4/c1-4-6-7-8-9-10-14-21-17(19)12-13-18(20)22-15-16(3)11-5-2/h12-13,16H,4-11,14-15H2,1-3H3/b13-12+. The van der Waals surface area contributed by atoms with Crippen LogP contribution in [0.5, 0.6) is 0 Å². The van der Waals surface area contributed by atoms with Gasteiger partial charge in [-0.2, -0.15) is 0 Å². The second-order valence-corrected chi connectivity index (χ2v) is 5.79. The highest BCUT2D eigenvalue weighted by Crippen LogP contribution is 2.06. The summed E-state index contributed by atoms with van der Waals surface area (Å²) in [5.41, 5.74) is 0. The van der Waals surface area contributed by atoms with Crippen LogP contribution in [0.25, 0.3) is 0 Å². The lowest BCUT2D eigenvalue weighted by atomic mass is 10.1. The topological polar surface area (TPSA) is 52.6 Å². The van der Waals surface area contributed by atoms with Gasteiger partial charge >= 0.3 is 11.9 Å². The van der Waals surface area contributed by atoms with Gasteiger partial charge in [-0.1, -0.05) is 59.3 Å². The summed E-state index contributed by atoms with van der Waals surface area (Å²) in [6, 6.07) is 0. The minimum absolute atomic E-state index is 0.349. The lowest BCUT2D eigenvalue weighted by Crippen LogP contribution is -2.10. The fourth-order valence-electron chi connectivity index (χ4n) is 2.09. The van der Waals surface area contributed by atoms with Crippen LogP contribution in [0.3, 0.4) is 0 Å². The van der Waals surface area contributed by atoms with E-state index in [1.807, 2.05) is 6.92 Å². The van der Waals surface area contributed by atoms with Gasteiger partial charge < -0.3 is 9.47 Å². The predicted octanol–water partition coefficient (Wildman–Crippen LogP) is 4.43. The first-order valence-electron chi connectivity index (χ1n) is 8.61. The number of unbranched alkanes of at least 4 members (excludes halogenated alkanes) is 5. The van der Waals surface area contributed by atoms with Crippen LogP contribution in [0.15, 0.2) is 12.2 Å². The molecule has 1 unspecified atom stereocenters. The van der Waals surface area contributed by atoms with E-state index in [-0.39, 0.29) is 0 Å². The van der Waals surface area contributed by atoms with Crippen molar-refractivity contribution in [3.8, 4) is 0 Å². The Morgan fingerprint density at radius 3 is 2.09 bits per heavy atom. The highest BCUT2D eigenvalue weighted by Gasteiger charge is 2.05. The highest BCUT2D eigenvalue weighted by molar-refractivity contribution is 5.91. The van der Waals surface area contributed by atoms with Gasteiger partial charge in [0.2, 0.25) is 0 Å². The summed E-state index contributed by atoms with van der Waals surface area (Å²) >= 11 is 0. The molecule has 128 valence electrons. The van der Waals surface area contributed by atoms with Crippen molar-refractivity contribution in [2.24, 2.45) is 5.92 Å². The van der Waals surface area contributed by atoms with Crippen LogP contribution in [0.2, 0.25) is 0 Å². The summed E-state index contributed by atoms with van der Waals surface area (Å²) in [5.74, 6) is -0.617. The van der Waals surface area contributed by atoms with Crippen molar-refractivity contribution < 1.29 is 19.1 Å². The van der Waals surface area contributed by atoms with Crippen molar-refractivity contribution in [2.75, 3.05) is 13.2 Å². The van der Waals surface area contributed by atoms with E-state index in [1.165, 1.54) is 25.7 Å². The van der Waals surface area contributed by atoms with Gasteiger partial charge in [0, 0.05) is 12.2 Å². The fourth-order valence-corrected chi connectivity index (χ4v) is 2.09. The SMILES string of the molecule is CCCCCCCCOC(=O)/C=C/C(=O)OCC(C)CCC. The molecule has 0 aliphatic heterocycles. The molecule has 0 rings (SSSR count). The molecule has 0 spiro atoms. The Kier molecular flexibility index (Phi) is 13.7. The third-order valence-corrected chi connectivity index (χ3v) is 3.39. The zero-order valence-electron chi connectivity index (χ0n) is 14.4. The summed E-state index contributed by atoms with van der Waals surface area (Å²) in [6.45, 7) is 7.12. The van der Waals surface area contributed by atoms with E-state index in [1.54, 1.807) is 0 Å². The molecule has 0 saturated heterocycles. The average molecular weight is 312 g/mol. The summed E-state index contributed by atoms with van der Waals surface area (Å²) < 4.78 is 10.1. The smallest absolute Gasteiger partial charge is 0.331 e. The number of rotatable bonds is 13. The number of carbonyl (C=O) groups excluding carboxylic acids is 2. The molecule has 0 amide bonds. The second kappa shape index (κ2) is 14.6. The molecule has 0 radical (unpaired) electrons. The van der Waals surface area contributed by atoms with Crippen LogP contribution in [-0.2, 0) is 19.1 Å². The lowest BCUT2D eigenvalue weighted by Gasteiger charge is -2.09. The zero-order valence-corrected chi connectivity index (χ0v) is 14.4. The fraction of sp³-hybridized carbons (Fsp3) is 0.778. The van der Waals surface area contributed by atoms with Crippen LogP contribution < -0.4 is 0 Å². The number of ether oxygens (including phenoxy) is 2. The van der Waals surface area contributed by atoms with Gasteiger partial charge in [0.15, 0.2) is 0 Å². The van der Waals surface area contributed by atoms with Gasteiger partial charge in [-0.3, -0.25) is 0 Å². The predicted molar refractivity (Wildman–Crippen MR) is 88.5 cm³/mol. The van der Waals surface area contributed by atoms with Crippen LogP contribution >= 0.6 is 0 Å². The van der Waals surface area contributed by atoms with E-state index in [9.17, 15) is 9.59 Å². The first-order valence-corrected chi connectivity index (χ1v) is 8.61. The highest BCUT2D eigenvalue weighted by atomic mass is 16.5. The van der Waals surface area contributed by atoms with Crippen molar-refractivity contribution in [3.05, 3.63) is 12.2 Å². The molecule has 0 aliphatic rings. The third kappa shape index (κ3) is 13.7. The Hall–Kier alpha value is -1.32. The van der Waals surface area contributed by atoms with Gasteiger partial charge in [-0.15, -0.1) is 0 Å². The molecular formula is C18H32O4. The molecule has 4 nitrogen and oxygen atoms in total.